The van der Waals surface area contributed by atoms with Gasteiger partial charge in [-0.2, -0.15) is 4.98 Å². The predicted molar refractivity (Wildman–Crippen MR) is 117 cm³/mol. The van der Waals surface area contributed by atoms with Gasteiger partial charge in [0.2, 0.25) is 12.4 Å². The van der Waals surface area contributed by atoms with Crippen molar-refractivity contribution in [2.24, 2.45) is 0 Å². The van der Waals surface area contributed by atoms with Crippen LogP contribution in [0.3, 0.4) is 0 Å². The smallest absolute Gasteiger partial charge is 0.303 e. The maximum absolute atomic E-state index is 12.0. The summed E-state index contributed by atoms with van der Waals surface area (Å²) in [5.74, 6) is -2.08. The number of para-hydroxylation sites is 1. The van der Waals surface area contributed by atoms with Gasteiger partial charge in [-0.15, -0.1) is 0 Å². The fourth-order valence-corrected chi connectivity index (χ4v) is 3.56. The zero-order valence-corrected chi connectivity index (χ0v) is 20.3. The summed E-state index contributed by atoms with van der Waals surface area (Å²) < 4.78 is 38.5. The van der Waals surface area contributed by atoms with Gasteiger partial charge in [0, 0.05) is 27.7 Å². The van der Waals surface area contributed by atoms with Gasteiger partial charge in [0.05, 0.1) is 5.56 Å². The second-order valence-electron chi connectivity index (χ2n) is 7.83. The summed E-state index contributed by atoms with van der Waals surface area (Å²) in [6, 6.07) is 6.64. The molecule has 13 nitrogen and oxygen atoms in total. The molecule has 1 fully saturated rings. The molecule has 0 N–H and O–H groups in total. The molecule has 0 amide bonds. The van der Waals surface area contributed by atoms with Crippen molar-refractivity contribution in [1.29, 1.82) is 0 Å². The highest BCUT2D eigenvalue weighted by Crippen LogP contribution is 2.34. The molecule has 0 spiro atoms. The number of aromatic nitrogens is 2. The number of carbonyl (C=O) groups is 4. The van der Waals surface area contributed by atoms with E-state index in [1.807, 2.05) is 0 Å². The number of nitrogens with zero attached hydrogens (tertiary/aromatic N) is 2. The minimum atomic E-state index is -1.39. The van der Waals surface area contributed by atoms with Gasteiger partial charge in [0.1, 0.15) is 18.5 Å². The standard InChI is InChI=1S/C23H26N2O11/c1-11-24-22(36-25-11)16-8-6-7-9-17(16)34-23-21(33-15(5)29)20(32-14(4)28)19(31-13(3)27)18(35-23)10-30-12(2)26/h6-9,18-21,23H,10H2,1-5H3/t18-,19-,20+,21-,23-/m0/s1. The van der Waals surface area contributed by atoms with Gasteiger partial charge < -0.3 is 32.9 Å². The molecule has 3 rings (SSSR count). The zero-order chi connectivity index (χ0) is 26.4. The maximum Gasteiger partial charge on any atom is 0.303 e. The maximum atomic E-state index is 12.0. The number of hydrogen-bond acceptors (Lipinski definition) is 13. The number of carbonyl (C=O) groups excluding carboxylic acids is 4. The van der Waals surface area contributed by atoms with Gasteiger partial charge >= 0.3 is 23.9 Å². The molecular weight excluding hydrogens is 480 g/mol. The van der Waals surface area contributed by atoms with Gasteiger partial charge in [-0.3, -0.25) is 19.2 Å². The van der Waals surface area contributed by atoms with E-state index in [0.29, 0.717) is 11.4 Å². The van der Waals surface area contributed by atoms with Crippen molar-refractivity contribution in [3.63, 3.8) is 0 Å². The first-order valence-electron chi connectivity index (χ1n) is 10.9. The lowest BCUT2D eigenvalue weighted by Crippen LogP contribution is -2.63. The van der Waals surface area contributed by atoms with Crippen LogP contribution in [0.2, 0.25) is 0 Å². The molecule has 36 heavy (non-hydrogen) atoms. The van der Waals surface area contributed by atoms with E-state index in [9.17, 15) is 19.2 Å². The fraction of sp³-hybridized carbons (Fsp3) is 0.478. The van der Waals surface area contributed by atoms with E-state index in [2.05, 4.69) is 10.1 Å². The number of esters is 4. The molecular formula is C23H26N2O11. The van der Waals surface area contributed by atoms with Crippen molar-refractivity contribution < 1.29 is 52.1 Å². The van der Waals surface area contributed by atoms with E-state index < -0.39 is 54.6 Å². The molecule has 194 valence electrons. The molecule has 0 saturated carbocycles. The van der Waals surface area contributed by atoms with Gasteiger partial charge in [0.25, 0.3) is 5.89 Å². The Kier molecular flexibility index (Phi) is 8.59. The minimum absolute atomic E-state index is 0.161. The van der Waals surface area contributed by atoms with Crippen molar-refractivity contribution >= 4 is 23.9 Å². The second kappa shape index (κ2) is 11.6. The molecule has 1 aromatic heterocycles. The Balaban J connectivity index is 2.03. The highest BCUT2D eigenvalue weighted by Gasteiger charge is 2.53. The normalized spacial score (nSPS) is 23.3. The SMILES string of the molecule is CC(=O)OC[C@@H]1O[C@H](Oc2ccccc2-c2nc(C)no2)[C@@H](OC(C)=O)[C@H](OC(C)=O)[C@H]1OC(C)=O. The van der Waals surface area contributed by atoms with Crippen LogP contribution >= 0.6 is 0 Å². The summed E-state index contributed by atoms with van der Waals surface area (Å²) in [5.41, 5.74) is 0.408. The number of aryl methyl sites for hydroxylation is 1. The summed E-state index contributed by atoms with van der Waals surface area (Å²) in [4.78, 5) is 51.4. The largest absolute Gasteiger partial charge is 0.463 e. The Labute approximate surface area is 205 Å². The van der Waals surface area contributed by atoms with Crippen LogP contribution in [0.1, 0.15) is 33.5 Å². The molecule has 1 aliphatic heterocycles. The van der Waals surface area contributed by atoms with Crippen molar-refractivity contribution in [2.75, 3.05) is 6.61 Å². The topological polar surface area (TPSA) is 163 Å². The average molecular weight is 506 g/mol. The first-order valence-corrected chi connectivity index (χ1v) is 10.9. The molecule has 1 saturated heterocycles. The fourth-order valence-electron chi connectivity index (χ4n) is 3.56. The minimum Gasteiger partial charge on any atom is -0.463 e. The molecule has 13 heteroatoms. The first-order chi connectivity index (χ1) is 17.0. The highest BCUT2D eigenvalue weighted by atomic mass is 16.7. The molecule has 1 aromatic carbocycles. The molecule has 0 aliphatic carbocycles. The van der Waals surface area contributed by atoms with E-state index in [0.717, 1.165) is 20.8 Å². The first kappa shape index (κ1) is 26.6. The van der Waals surface area contributed by atoms with Crippen molar-refractivity contribution in [3.8, 4) is 17.2 Å². The summed E-state index contributed by atoms with van der Waals surface area (Å²) in [6.45, 7) is 5.88. The monoisotopic (exact) mass is 506 g/mol. The second-order valence-corrected chi connectivity index (χ2v) is 7.83. The predicted octanol–water partition coefficient (Wildman–Crippen LogP) is 1.51. The zero-order valence-electron chi connectivity index (χ0n) is 20.3. The molecule has 0 radical (unpaired) electrons. The third-order valence-electron chi connectivity index (χ3n) is 4.84. The lowest BCUT2D eigenvalue weighted by molar-refractivity contribution is -0.288. The Morgan fingerprint density at radius 2 is 1.47 bits per heavy atom. The van der Waals surface area contributed by atoms with Crippen LogP contribution in [0.25, 0.3) is 11.5 Å². The Morgan fingerprint density at radius 1 is 0.861 bits per heavy atom. The third kappa shape index (κ3) is 6.78. The van der Waals surface area contributed by atoms with Crippen LogP contribution in [-0.2, 0) is 42.9 Å². The van der Waals surface area contributed by atoms with E-state index in [4.69, 9.17) is 32.9 Å². The molecule has 0 bridgehead atoms. The number of hydrogen-bond donors (Lipinski definition) is 0. The van der Waals surface area contributed by atoms with Gasteiger partial charge in [-0.1, -0.05) is 17.3 Å². The summed E-state index contributed by atoms with van der Waals surface area (Å²) in [7, 11) is 0. The third-order valence-corrected chi connectivity index (χ3v) is 4.84. The molecule has 0 unspecified atom stereocenters. The average Bonchev–Trinajstić information content (AvgIpc) is 3.22. The van der Waals surface area contributed by atoms with Crippen molar-refractivity contribution in [3.05, 3.63) is 30.1 Å². The number of ether oxygens (including phenoxy) is 6. The van der Waals surface area contributed by atoms with E-state index >= 15 is 0 Å². The molecule has 1 aliphatic rings. The van der Waals surface area contributed by atoms with Crippen molar-refractivity contribution in [1.82, 2.24) is 10.1 Å². The van der Waals surface area contributed by atoms with Crippen LogP contribution in [0, 0.1) is 6.92 Å². The van der Waals surface area contributed by atoms with Crippen LogP contribution in [0.15, 0.2) is 28.8 Å². The number of rotatable bonds is 8. The Morgan fingerprint density at radius 3 is 2.06 bits per heavy atom. The highest BCUT2D eigenvalue weighted by molar-refractivity contribution is 5.69. The van der Waals surface area contributed by atoms with Gasteiger partial charge in [-0.25, -0.2) is 0 Å². The Bertz CT molecular complexity index is 1110. The van der Waals surface area contributed by atoms with Gasteiger partial charge in [0.15, 0.2) is 18.0 Å². The van der Waals surface area contributed by atoms with Crippen LogP contribution < -0.4 is 4.74 Å². The van der Waals surface area contributed by atoms with E-state index in [-0.39, 0.29) is 18.2 Å². The van der Waals surface area contributed by atoms with Crippen molar-refractivity contribution in [2.45, 2.75) is 65.3 Å². The lowest BCUT2D eigenvalue weighted by Gasteiger charge is -2.44. The lowest BCUT2D eigenvalue weighted by atomic mass is 9.98. The molecule has 5 atom stereocenters. The van der Waals surface area contributed by atoms with Gasteiger partial charge in [-0.05, 0) is 19.1 Å². The summed E-state index contributed by atoms with van der Waals surface area (Å²) >= 11 is 0. The summed E-state index contributed by atoms with van der Waals surface area (Å²) in [5, 5.41) is 3.77. The van der Waals surface area contributed by atoms with E-state index in [1.54, 1.807) is 31.2 Å². The Hall–Kier alpha value is -4.00. The van der Waals surface area contributed by atoms with Crippen LogP contribution in [-0.4, -0.2) is 71.3 Å². The quantitative estimate of drug-likeness (QED) is 0.374. The van der Waals surface area contributed by atoms with E-state index in [1.165, 1.54) is 6.92 Å². The van der Waals surface area contributed by atoms with Crippen LogP contribution in [0.5, 0.6) is 5.75 Å². The summed E-state index contributed by atoms with van der Waals surface area (Å²) in [6.07, 6.45) is -6.55. The molecule has 2 heterocycles. The number of benzene rings is 1. The molecule has 2 aromatic rings. The van der Waals surface area contributed by atoms with Crippen LogP contribution in [0.4, 0.5) is 0 Å².